The largest absolute Gasteiger partial charge is 0.374 e. The number of hydrogen-bond acceptors (Lipinski definition) is 3. The van der Waals surface area contributed by atoms with Gasteiger partial charge in [0.05, 0.1) is 6.61 Å². The molecule has 0 bridgehead atoms. The molecule has 0 aliphatic carbocycles. The smallest absolute Gasteiger partial charge is 0.261 e. The maximum Gasteiger partial charge on any atom is 0.261 e. The number of carbonyl (C=O) groups is 1. The van der Waals surface area contributed by atoms with Gasteiger partial charge in [-0.05, 0) is 17.7 Å². The molecule has 0 saturated carbocycles. The highest BCUT2D eigenvalue weighted by molar-refractivity contribution is 5.92. The molecule has 4 nitrogen and oxygen atoms in total. The van der Waals surface area contributed by atoms with Crippen LogP contribution in [0, 0.1) is 0 Å². The number of alkyl halides is 2. The van der Waals surface area contributed by atoms with Crippen molar-refractivity contribution in [3.05, 3.63) is 35.4 Å². The zero-order valence-electron chi connectivity index (χ0n) is 9.86. The fraction of sp³-hybridized carbons (Fsp3) is 0.417. The van der Waals surface area contributed by atoms with Crippen molar-refractivity contribution in [2.45, 2.75) is 13.0 Å². The van der Waals surface area contributed by atoms with E-state index in [1.807, 2.05) is 0 Å². The van der Waals surface area contributed by atoms with Crippen molar-refractivity contribution in [2.75, 3.05) is 19.8 Å². The van der Waals surface area contributed by atoms with Crippen LogP contribution in [0.3, 0.4) is 0 Å². The third-order valence-corrected chi connectivity index (χ3v) is 2.23. The molecular formula is C12H16F2N2O2. The number of nitrogens with one attached hydrogen (secondary N) is 1. The zero-order valence-corrected chi connectivity index (χ0v) is 9.86. The Morgan fingerprint density at radius 3 is 2.56 bits per heavy atom. The van der Waals surface area contributed by atoms with Gasteiger partial charge in [0.15, 0.2) is 0 Å². The molecule has 0 saturated heterocycles. The Morgan fingerprint density at radius 1 is 1.33 bits per heavy atom. The maximum atomic E-state index is 11.7. The summed E-state index contributed by atoms with van der Waals surface area (Å²) in [5.74, 6) is -0.463. The van der Waals surface area contributed by atoms with E-state index in [0.29, 0.717) is 18.7 Å². The lowest BCUT2D eigenvalue weighted by atomic mass is 10.1. The fourth-order valence-electron chi connectivity index (χ4n) is 1.34. The molecule has 0 fully saturated rings. The van der Waals surface area contributed by atoms with Crippen molar-refractivity contribution < 1.29 is 18.3 Å². The van der Waals surface area contributed by atoms with Gasteiger partial charge in [-0.15, -0.1) is 0 Å². The summed E-state index contributed by atoms with van der Waals surface area (Å²) < 4.78 is 28.2. The third-order valence-electron chi connectivity index (χ3n) is 2.23. The number of carbonyl (C=O) groups excluding carboxylic acids is 1. The highest BCUT2D eigenvalue weighted by atomic mass is 19.3. The molecule has 0 atom stereocenters. The summed E-state index contributed by atoms with van der Waals surface area (Å²) in [6, 6.07) is 6.86. The molecule has 1 rings (SSSR count). The molecule has 1 aromatic rings. The van der Waals surface area contributed by atoms with E-state index in [4.69, 9.17) is 10.5 Å². The summed E-state index contributed by atoms with van der Waals surface area (Å²) in [5.41, 5.74) is 6.55. The van der Waals surface area contributed by atoms with Crippen molar-refractivity contribution in [2.24, 2.45) is 5.73 Å². The minimum atomic E-state index is -2.42. The number of nitrogens with two attached hydrogens (primary N) is 1. The standard InChI is InChI=1S/C12H16F2N2O2/c13-11(14)8-18-6-5-16-7-9-1-3-10(4-2-9)12(15)17/h1-4,11,16H,5-8H2,(H2,15,17). The van der Waals surface area contributed by atoms with Gasteiger partial charge < -0.3 is 15.8 Å². The van der Waals surface area contributed by atoms with E-state index in [2.05, 4.69) is 5.32 Å². The number of ether oxygens (including phenoxy) is 1. The van der Waals surface area contributed by atoms with Crippen LogP contribution in [0.15, 0.2) is 24.3 Å². The van der Waals surface area contributed by atoms with Gasteiger partial charge in [-0.1, -0.05) is 12.1 Å². The first-order chi connectivity index (χ1) is 8.59. The second-order valence-electron chi connectivity index (χ2n) is 3.70. The molecular weight excluding hydrogens is 242 g/mol. The van der Waals surface area contributed by atoms with Gasteiger partial charge in [0.25, 0.3) is 6.43 Å². The predicted molar refractivity (Wildman–Crippen MR) is 63.5 cm³/mol. The number of amides is 1. The van der Waals surface area contributed by atoms with Gasteiger partial charge in [-0.3, -0.25) is 4.79 Å². The first-order valence-electron chi connectivity index (χ1n) is 5.55. The van der Waals surface area contributed by atoms with Crippen molar-refractivity contribution in [3.8, 4) is 0 Å². The van der Waals surface area contributed by atoms with Crippen LogP contribution in [0.5, 0.6) is 0 Å². The SMILES string of the molecule is NC(=O)c1ccc(CNCCOCC(F)F)cc1. The molecule has 0 aromatic heterocycles. The van der Waals surface area contributed by atoms with Gasteiger partial charge >= 0.3 is 0 Å². The number of primary amides is 1. The average Bonchev–Trinajstić information content (AvgIpc) is 2.34. The molecule has 0 unspecified atom stereocenters. The highest BCUT2D eigenvalue weighted by Crippen LogP contribution is 2.03. The third kappa shape index (κ3) is 5.70. The van der Waals surface area contributed by atoms with Crippen molar-refractivity contribution in [1.29, 1.82) is 0 Å². The summed E-state index contributed by atoms with van der Waals surface area (Å²) in [7, 11) is 0. The predicted octanol–water partition coefficient (Wildman–Crippen LogP) is 1.16. The molecule has 100 valence electrons. The van der Waals surface area contributed by atoms with Gasteiger partial charge in [-0.2, -0.15) is 0 Å². The van der Waals surface area contributed by atoms with Crippen molar-refractivity contribution in [1.82, 2.24) is 5.32 Å². The molecule has 0 spiro atoms. The second kappa shape index (κ2) is 7.73. The Bertz CT molecular complexity index is 369. The van der Waals surface area contributed by atoms with Crippen LogP contribution in [0.4, 0.5) is 8.78 Å². The quantitative estimate of drug-likeness (QED) is 0.688. The van der Waals surface area contributed by atoms with E-state index in [1.165, 1.54) is 0 Å². The molecule has 0 aliphatic heterocycles. The Balaban J connectivity index is 2.17. The summed E-state index contributed by atoms with van der Waals surface area (Å²) in [6.07, 6.45) is -2.42. The summed E-state index contributed by atoms with van der Waals surface area (Å²) >= 11 is 0. The van der Waals surface area contributed by atoms with Crippen molar-refractivity contribution >= 4 is 5.91 Å². The molecule has 1 amide bonds. The van der Waals surface area contributed by atoms with E-state index in [-0.39, 0.29) is 6.61 Å². The van der Waals surface area contributed by atoms with Gasteiger partial charge in [0.1, 0.15) is 6.61 Å². The zero-order chi connectivity index (χ0) is 13.4. The van der Waals surface area contributed by atoms with Crippen LogP contribution in [-0.2, 0) is 11.3 Å². The number of halogens is 2. The number of benzene rings is 1. The highest BCUT2D eigenvalue weighted by Gasteiger charge is 2.01. The van der Waals surface area contributed by atoms with Crippen LogP contribution < -0.4 is 11.1 Å². The van der Waals surface area contributed by atoms with Crippen LogP contribution >= 0.6 is 0 Å². The lowest BCUT2D eigenvalue weighted by Gasteiger charge is -2.06. The topological polar surface area (TPSA) is 64.4 Å². The normalized spacial score (nSPS) is 10.8. The van der Waals surface area contributed by atoms with Gasteiger partial charge in [-0.25, -0.2) is 8.78 Å². The Hall–Kier alpha value is -1.53. The van der Waals surface area contributed by atoms with E-state index in [1.54, 1.807) is 24.3 Å². The number of rotatable bonds is 8. The molecule has 0 heterocycles. The first kappa shape index (κ1) is 14.5. The second-order valence-corrected chi connectivity index (χ2v) is 3.70. The summed E-state index contributed by atoms with van der Waals surface area (Å²) in [5, 5.41) is 3.04. The monoisotopic (exact) mass is 258 g/mol. The lowest BCUT2D eigenvalue weighted by molar-refractivity contribution is 0.0187. The first-order valence-corrected chi connectivity index (χ1v) is 5.55. The van der Waals surface area contributed by atoms with Crippen LogP contribution in [0.25, 0.3) is 0 Å². The minimum absolute atomic E-state index is 0.240. The van der Waals surface area contributed by atoms with E-state index in [0.717, 1.165) is 5.56 Å². The molecule has 18 heavy (non-hydrogen) atoms. The average molecular weight is 258 g/mol. The van der Waals surface area contributed by atoms with Gasteiger partial charge in [0.2, 0.25) is 5.91 Å². The molecule has 3 N–H and O–H groups in total. The van der Waals surface area contributed by atoms with Gasteiger partial charge in [0, 0.05) is 18.7 Å². The van der Waals surface area contributed by atoms with E-state index in [9.17, 15) is 13.6 Å². The molecule has 6 heteroatoms. The molecule has 0 radical (unpaired) electrons. The Morgan fingerprint density at radius 2 is 2.00 bits per heavy atom. The van der Waals surface area contributed by atoms with Crippen LogP contribution in [0.1, 0.15) is 15.9 Å². The summed E-state index contributed by atoms with van der Waals surface area (Å²) in [6.45, 7) is 0.778. The lowest BCUT2D eigenvalue weighted by Crippen LogP contribution is -2.20. The van der Waals surface area contributed by atoms with Crippen LogP contribution in [-0.4, -0.2) is 32.1 Å². The molecule has 0 aliphatic rings. The number of hydrogen-bond donors (Lipinski definition) is 2. The fourth-order valence-corrected chi connectivity index (χ4v) is 1.34. The Labute approximate surface area is 104 Å². The van der Waals surface area contributed by atoms with Crippen molar-refractivity contribution in [3.63, 3.8) is 0 Å². The maximum absolute atomic E-state index is 11.7. The Kier molecular flexibility index (Phi) is 6.24. The summed E-state index contributed by atoms with van der Waals surface area (Å²) in [4.78, 5) is 10.8. The van der Waals surface area contributed by atoms with E-state index < -0.39 is 18.9 Å². The minimum Gasteiger partial charge on any atom is -0.374 e. The molecule has 1 aromatic carbocycles. The van der Waals surface area contributed by atoms with E-state index >= 15 is 0 Å². The van der Waals surface area contributed by atoms with Crippen LogP contribution in [0.2, 0.25) is 0 Å².